The van der Waals surface area contributed by atoms with Gasteiger partial charge in [0, 0.05) is 12.6 Å². The van der Waals surface area contributed by atoms with Crippen molar-refractivity contribution >= 4 is 0 Å². The van der Waals surface area contributed by atoms with Crippen molar-refractivity contribution in [2.75, 3.05) is 6.54 Å². The van der Waals surface area contributed by atoms with E-state index in [1.54, 1.807) is 12.1 Å². The van der Waals surface area contributed by atoms with Gasteiger partial charge in [-0.05, 0) is 36.5 Å². The average Bonchev–Trinajstić information content (AvgIpc) is 2.34. The van der Waals surface area contributed by atoms with Crippen molar-refractivity contribution in [3.63, 3.8) is 0 Å². The van der Waals surface area contributed by atoms with Gasteiger partial charge >= 0.3 is 6.61 Å². The number of rotatable bonds is 7. The summed E-state index contributed by atoms with van der Waals surface area (Å²) in [6, 6.07) is 6.55. The molecule has 0 aromatic heterocycles. The van der Waals surface area contributed by atoms with Gasteiger partial charge in [-0.2, -0.15) is 8.78 Å². The Hall–Kier alpha value is -1.20. The van der Waals surface area contributed by atoms with E-state index in [4.69, 9.17) is 0 Å². The fraction of sp³-hybridized carbons (Fsp3) is 0.625. The van der Waals surface area contributed by atoms with Crippen molar-refractivity contribution < 1.29 is 18.6 Å². The summed E-state index contributed by atoms with van der Waals surface area (Å²) in [5.41, 5.74) is 1.04. The highest BCUT2D eigenvalue weighted by molar-refractivity contribution is 5.28. The first-order valence-corrected chi connectivity index (χ1v) is 7.13. The Kier molecular flexibility index (Phi) is 6.55. The molecule has 0 saturated heterocycles. The number of halogens is 2. The molecule has 0 fully saturated rings. The molecule has 1 aromatic carbocycles. The second-order valence-electron chi connectivity index (χ2n) is 6.50. The van der Waals surface area contributed by atoms with Gasteiger partial charge in [0.15, 0.2) is 0 Å². The predicted octanol–water partition coefficient (Wildman–Crippen LogP) is 3.74. The molecule has 0 aliphatic heterocycles. The zero-order valence-corrected chi connectivity index (χ0v) is 13.1. The van der Waals surface area contributed by atoms with Crippen LogP contribution in [-0.2, 0) is 0 Å². The van der Waals surface area contributed by atoms with E-state index in [2.05, 4.69) is 30.8 Å². The minimum absolute atomic E-state index is 0.0280. The monoisotopic (exact) mass is 301 g/mol. The Morgan fingerprint density at radius 1 is 1.19 bits per heavy atom. The lowest BCUT2D eigenvalue weighted by Gasteiger charge is -2.24. The van der Waals surface area contributed by atoms with Crippen LogP contribution in [0.4, 0.5) is 8.78 Å². The zero-order valence-electron chi connectivity index (χ0n) is 13.1. The van der Waals surface area contributed by atoms with Crippen molar-refractivity contribution in [2.24, 2.45) is 5.41 Å². The molecule has 0 bridgehead atoms. The van der Waals surface area contributed by atoms with Crippen LogP contribution >= 0.6 is 0 Å². The molecule has 0 aliphatic rings. The number of alkyl halides is 2. The molecule has 2 unspecified atom stereocenters. The maximum absolute atomic E-state index is 12.1. The molecule has 5 heteroatoms. The first kappa shape index (κ1) is 17.9. The third-order valence-corrected chi connectivity index (χ3v) is 3.11. The minimum atomic E-state index is -2.81. The summed E-state index contributed by atoms with van der Waals surface area (Å²) in [5, 5.41) is 13.2. The van der Waals surface area contributed by atoms with Gasteiger partial charge in [0.2, 0.25) is 0 Å². The van der Waals surface area contributed by atoms with Gasteiger partial charge in [0.25, 0.3) is 0 Å². The summed E-state index contributed by atoms with van der Waals surface area (Å²) in [6.45, 7) is 5.91. The number of aliphatic hydroxyl groups is 1. The van der Waals surface area contributed by atoms with E-state index in [0.717, 1.165) is 5.56 Å². The van der Waals surface area contributed by atoms with E-state index >= 15 is 0 Å². The van der Waals surface area contributed by atoms with Gasteiger partial charge in [0.1, 0.15) is 5.75 Å². The van der Waals surface area contributed by atoms with Gasteiger partial charge in [-0.3, -0.25) is 0 Å². The van der Waals surface area contributed by atoms with Gasteiger partial charge < -0.3 is 15.2 Å². The van der Waals surface area contributed by atoms with Gasteiger partial charge in [-0.15, -0.1) is 0 Å². The highest BCUT2D eigenvalue weighted by atomic mass is 19.3. The maximum atomic E-state index is 12.1. The lowest BCUT2D eigenvalue weighted by molar-refractivity contribution is -0.0498. The van der Waals surface area contributed by atoms with Gasteiger partial charge in [0.05, 0.1) is 6.10 Å². The number of nitrogens with one attached hydrogen (secondary N) is 1. The highest BCUT2D eigenvalue weighted by Gasteiger charge is 2.17. The van der Waals surface area contributed by atoms with Crippen LogP contribution in [0.1, 0.15) is 45.7 Å². The van der Waals surface area contributed by atoms with Crippen molar-refractivity contribution in [3.8, 4) is 5.75 Å². The first-order valence-electron chi connectivity index (χ1n) is 7.13. The molecule has 1 aromatic rings. The molecule has 0 aliphatic carbocycles. The van der Waals surface area contributed by atoms with E-state index < -0.39 is 12.7 Å². The van der Waals surface area contributed by atoms with Crippen LogP contribution in [0.5, 0.6) is 5.75 Å². The third-order valence-electron chi connectivity index (χ3n) is 3.11. The molecule has 0 saturated carbocycles. The van der Waals surface area contributed by atoms with Crippen molar-refractivity contribution in [1.82, 2.24) is 5.32 Å². The quantitative estimate of drug-likeness (QED) is 0.806. The Balaban J connectivity index is 2.46. The van der Waals surface area contributed by atoms with Crippen molar-refractivity contribution in [2.45, 2.75) is 52.9 Å². The Bertz CT molecular complexity index is 415. The average molecular weight is 301 g/mol. The Morgan fingerprint density at radius 2 is 1.76 bits per heavy atom. The van der Waals surface area contributed by atoms with Crippen LogP contribution in [0.3, 0.4) is 0 Å². The van der Waals surface area contributed by atoms with E-state index in [0.29, 0.717) is 13.0 Å². The van der Waals surface area contributed by atoms with E-state index in [1.165, 1.54) is 12.1 Å². The van der Waals surface area contributed by atoms with E-state index in [1.807, 2.05) is 6.92 Å². The SMILES string of the molecule is CC(NCC(O)CC(C)(C)C)c1ccc(OC(F)F)cc1. The van der Waals surface area contributed by atoms with Crippen LogP contribution in [0.15, 0.2) is 24.3 Å². The molecule has 21 heavy (non-hydrogen) atoms. The number of ether oxygens (including phenoxy) is 1. The normalized spacial score (nSPS) is 15.0. The largest absolute Gasteiger partial charge is 0.435 e. The second kappa shape index (κ2) is 7.71. The van der Waals surface area contributed by atoms with Crippen LogP contribution in [-0.4, -0.2) is 24.4 Å². The molecular weight excluding hydrogens is 276 g/mol. The summed E-state index contributed by atoms with van der Waals surface area (Å²) < 4.78 is 28.4. The molecule has 0 heterocycles. The van der Waals surface area contributed by atoms with Crippen LogP contribution < -0.4 is 10.1 Å². The van der Waals surface area contributed by atoms with Crippen LogP contribution in [0, 0.1) is 5.41 Å². The van der Waals surface area contributed by atoms with Crippen molar-refractivity contribution in [1.29, 1.82) is 0 Å². The summed E-state index contributed by atoms with van der Waals surface area (Å²) in [5.74, 6) is 0.147. The molecule has 0 radical (unpaired) electrons. The van der Waals surface area contributed by atoms with E-state index in [-0.39, 0.29) is 17.2 Å². The molecule has 0 spiro atoms. The van der Waals surface area contributed by atoms with Crippen LogP contribution in [0.25, 0.3) is 0 Å². The number of hydrogen-bond donors (Lipinski definition) is 2. The zero-order chi connectivity index (χ0) is 16.0. The summed E-state index contributed by atoms with van der Waals surface area (Å²) >= 11 is 0. The van der Waals surface area contributed by atoms with E-state index in [9.17, 15) is 13.9 Å². The smallest absolute Gasteiger partial charge is 0.387 e. The number of benzene rings is 1. The molecule has 1 rings (SSSR count). The third kappa shape index (κ3) is 7.39. The first-order chi connectivity index (χ1) is 9.67. The molecule has 2 N–H and O–H groups in total. The van der Waals surface area contributed by atoms with Gasteiger partial charge in [-0.25, -0.2) is 0 Å². The van der Waals surface area contributed by atoms with Crippen molar-refractivity contribution in [3.05, 3.63) is 29.8 Å². The highest BCUT2D eigenvalue weighted by Crippen LogP contribution is 2.22. The minimum Gasteiger partial charge on any atom is -0.435 e. The second-order valence-corrected chi connectivity index (χ2v) is 6.50. The summed E-state index contributed by atoms with van der Waals surface area (Å²) in [4.78, 5) is 0. The maximum Gasteiger partial charge on any atom is 0.387 e. The van der Waals surface area contributed by atoms with Gasteiger partial charge in [-0.1, -0.05) is 32.9 Å². The number of aliphatic hydroxyl groups excluding tert-OH is 1. The molecule has 3 nitrogen and oxygen atoms in total. The standard InChI is InChI=1S/C16H25F2NO2/c1-11(19-10-13(20)9-16(2,3)4)12-5-7-14(8-6-12)21-15(17)18/h5-8,11,13,15,19-20H,9-10H2,1-4H3. The topological polar surface area (TPSA) is 41.5 Å². The summed E-state index contributed by atoms with van der Waals surface area (Å²) in [7, 11) is 0. The fourth-order valence-electron chi connectivity index (χ4n) is 2.15. The molecule has 120 valence electrons. The Labute approximate surface area is 125 Å². The van der Waals surface area contributed by atoms with Crippen LogP contribution in [0.2, 0.25) is 0 Å². The molecule has 2 atom stereocenters. The molecule has 0 amide bonds. The molecular formula is C16H25F2NO2. The lowest BCUT2D eigenvalue weighted by atomic mass is 9.89. The number of hydrogen-bond acceptors (Lipinski definition) is 3. The summed E-state index contributed by atoms with van der Waals surface area (Å²) in [6.07, 6.45) is 0.308. The fourth-order valence-corrected chi connectivity index (χ4v) is 2.15. The lowest BCUT2D eigenvalue weighted by Crippen LogP contribution is -2.31. The predicted molar refractivity (Wildman–Crippen MR) is 79.6 cm³/mol. The Morgan fingerprint density at radius 3 is 2.24 bits per heavy atom.